The number of rotatable bonds is 7. The number of hydrogen-bond acceptors (Lipinski definition) is 2. The molecule has 2 N–H and O–H groups in total. The fourth-order valence-corrected chi connectivity index (χ4v) is 6.12. The van der Waals surface area contributed by atoms with Gasteiger partial charge in [-0.25, -0.2) is 0 Å². The van der Waals surface area contributed by atoms with Crippen molar-refractivity contribution in [1.29, 1.82) is 0 Å². The van der Waals surface area contributed by atoms with E-state index in [9.17, 15) is 0 Å². The third-order valence-electron chi connectivity index (χ3n) is 4.46. The fraction of sp³-hybridized carbons (Fsp3) is 0.647. The van der Waals surface area contributed by atoms with Crippen LogP contribution in [0.3, 0.4) is 0 Å². The van der Waals surface area contributed by atoms with E-state index in [0.717, 1.165) is 11.0 Å². The highest BCUT2D eigenvalue weighted by Crippen LogP contribution is 2.61. The summed E-state index contributed by atoms with van der Waals surface area (Å²) in [6.07, 6.45) is 7.89. The van der Waals surface area contributed by atoms with E-state index in [1.54, 1.807) is 0 Å². The molecule has 112 valence electrons. The van der Waals surface area contributed by atoms with Crippen molar-refractivity contribution >= 4 is 27.7 Å². The molecule has 0 aromatic heterocycles. The maximum atomic E-state index is 6.14. The molecule has 1 saturated carbocycles. The van der Waals surface area contributed by atoms with Gasteiger partial charge in [-0.1, -0.05) is 48.7 Å². The molecule has 3 heteroatoms. The summed E-state index contributed by atoms with van der Waals surface area (Å²) in [5.41, 5.74) is 6.71. The van der Waals surface area contributed by atoms with Crippen molar-refractivity contribution in [2.75, 3.05) is 6.54 Å². The van der Waals surface area contributed by atoms with Crippen LogP contribution >= 0.6 is 27.7 Å². The highest BCUT2D eigenvalue weighted by Gasteiger charge is 2.52. The number of thioether (sulfide) groups is 1. The molecular weight excluding hydrogens is 330 g/mol. The number of hydrogen-bond donors (Lipinski definition) is 1. The molecule has 1 aliphatic carbocycles. The Morgan fingerprint density at radius 2 is 1.85 bits per heavy atom. The van der Waals surface area contributed by atoms with Gasteiger partial charge in [0.2, 0.25) is 0 Å². The molecule has 1 fully saturated rings. The fourth-order valence-electron chi connectivity index (χ4n) is 3.89. The zero-order valence-electron chi connectivity index (χ0n) is 12.6. The molecule has 0 bridgehead atoms. The van der Waals surface area contributed by atoms with E-state index in [2.05, 4.69) is 54.0 Å². The second-order valence-corrected chi connectivity index (χ2v) is 8.76. The first-order valence-electron chi connectivity index (χ1n) is 7.72. The lowest BCUT2D eigenvalue weighted by molar-refractivity contribution is 0.0614. The Morgan fingerprint density at radius 1 is 1.20 bits per heavy atom. The monoisotopic (exact) mass is 355 g/mol. The molecule has 20 heavy (non-hydrogen) atoms. The molecule has 0 saturated heterocycles. The molecule has 1 aromatic carbocycles. The molecule has 0 amide bonds. The highest BCUT2D eigenvalue weighted by molar-refractivity contribution is 9.10. The summed E-state index contributed by atoms with van der Waals surface area (Å²) < 4.78 is 1.42. The number of benzene rings is 1. The second kappa shape index (κ2) is 6.85. The summed E-state index contributed by atoms with van der Waals surface area (Å²) in [7, 11) is 0. The van der Waals surface area contributed by atoms with E-state index in [1.165, 1.54) is 43.4 Å². The average molecular weight is 356 g/mol. The Kier molecular flexibility index (Phi) is 5.61. The third-order valence-corrected chi connectivity index (χ3v) is 6.33. The first-order chi connectivity index (χ1) is 9.57. The van der Waals surface area contributed by atoms with Crippen molar-refractivity contribution in [3.05, 3.63) is 28.7 Å². The van der Waals surface area contributed by atoms with Gasteiger partial charge in [0.1, 0.15) is 0 Å². The molecule has 0 radical (unpaired) electrons. The molecule has 1 aromatic rings. The maximum Gasteiger partial charge on any atom is 0.0339 e. The Morgan fingerprint density at radius 3 is 2.35 bits per heavy atom. The van der Waals surface area contributed by atoms with Crippen molar-refractivity contribution in [3.63, 3.8) is 0 Å². The van der Waals surface area contributed by atoms with Gasteiger partial charge >= 0.3 is 0 Å². The van der Waals surface area contributed by atoms with Crippen LogP contribution in [-0.2, 0) is 0 Å². The van der Waals surface area contributed by atoms with Crippen LogP contribution < -0.4 is 5.73 Å². The predicted octanol–water partition coefficient (Wildman–Crippen LogP) is 5.62. The number of nitrogens with two attached hydrogens (primary N) is 1. The molecule has 0 aliphatic heterocycles. The molecule has 0 spiro atoms. The normalized spacial score (nSPS) is 19.6. The van der Waals surface area contributed by atoms with E-state index < -0.39 is 0 Å². The van der Waals surface area contributed by atoms with Gasteiger partial charge in [-0.2, -0.15) is 0 Å². The molecular formula is C17H26BrNS. The van der Waals surface area contributed by atoms with Gasteiger partial charge in [-0.15, -0.1) is 11.8 Å². The second-order valence-electron chi connectivity index (χ2n) is 6.30. The first kappa shape index (κ1) is 16.4. The van der Waals surface area contributed by atoms with E-state index in [4.69, 9.17) is 5.73 Å². The zero-order chi connectivity index (χ0) is 14.6. The average Bonchev–Trinajstić information content (AvgIpc) is 2.37. The van der Waals surface area contributed by atoms with Crippen LogP contribution in [0.1, 0.15) is 52.4 Å². The van der Waals surface area contributed by atoms with E-state index in [-0.39, 0.29) is 4.75 Å². The standard InChI is InChI=1S/C17H26BrNS/c1-3-8-16(9-4-2)11-17(12-16,13-19)20-15-7-5-6-14(18)10-15/h5-7,10H,3-4,8-9,11-13,19H2,1-2H3. The predicted molar refractivity (Wildman–Crippen MR) is 93.3 cm³/mol. The molecule has 0 atom stereocenters. The van der Waals surface area contributed by atoms with Gasteiger partial charge in [0, 0.05) is 20.7 Å². The summed E-state index contributed by atoms with van der Waals surface area (Å²) in [5, 5.41) is 0. The quantitative estimate of drug-likeness (QED) is 0.686. The van der Waals surface area contributed by atoms with Crippen LogP contribution in [0.5, 0.6) is 0 Å². The lowest BCUT2D eigenvalue weighted by Gasteiger charge is -2.56. The maximum absolute atomic E-state index is 6.14. The first-order valence-corrected chi connectivity index (χ1v) is 9.33. The zero-order valence-corrected chi connectivity index (χ0v) is 15.0. The molecule has 0 unspecified atom stereocenters. The highest BCUT2D eigenvalue weighted by atomic mass is 79.9. The molecule has 1 aliphatic rings. The van der Waals surface area contributed by atoms with Gasteiger partial charge in [-0.05, 0) is 49.3 Å². The van der Waals surface area contributed by atoms with E-state index >= 15 is 0 Å². The minimum Gasteiger partial charge on any atom is -0.329 e. The Labute approximate surface area is 136 Å². The SMILES string of the molecule is CCCC1(CCC)CC(CN)(Sc2cccc(Br)c2)C1. The van der Waals surface area contributed by atoms with Crippen molar-refractivity contribution in [3.8, 4) is 0 Å². The summed E-state index contributed by atoms with van der Waals surface area (Å²) in [6, 6.07) is 8.60. The van der Waals surface area contributed by atoms with Gasteiger partial charge in [-0.3, -0.25) is 0 Å². The van der Waals surface area contributed by atoms with Gasteiger partial charge in [0.15, 0.2) is 0 Å². The van der Waals surface area contributed by atoms with Crippen LogP contribution in [0.15, 0.2) is 33.6 Å². The lowest BCUT2D eigenvalue weighted by atomic mass is 9.57. The van der Waals surface area contributed by atoms with Gasteiger partial charge in [0.25, 0.3) is 0 Å². The van der Waals surface area contributed by atoms with Crippen molar-refractivity contribution in [1.82, 2.24) is 0 Å². The minimum atomic E-state index is 0.269. The Bertz CT molecular complexity index is 432. The molecule has 0 heterocycles. The van der Waals surface area contributed by atoms with Crippen LogP contribution in [0, 0.1) is 5.41 Å². The lowest BCUT2D eigenvalue weighted by Crippen LogP contribution is -2.53. The van der Waals surface area contributed by atoms with Crippen molar-refractivity contribution in [2.24, 2.45) is 11.1 Å². The summed E-state index contributed by atoms with van der Waals surface area (Å²) in [5.74, 6) is 0. The Hall–Kier alpha value is 0.01000. The van der Waals surface area contributed by atoms with E-state index in [0.29, 0.717) is 5.41 Å². The van der Waals surface area contributed by atoms with Crippen LogP contribution in [0.25, 0.3) is 0 Å². The summed E-state index contributed by atoms with van der Waals surface area (Å²) >= 11 is 5.55. The largest absolute Gasteiger partial charge is 0.329 e. The number of halogens is 1. The van der Waals surface area contributed by atoms with Gasteiger partial charge in [0.05, 0.1) is 0 Å². The summed E-state index contributed by atoms with van der Waals surface area (Å²) in [4.78, 5) is 1.34. The van der Waals surface area contributed by atoms with Crippen molar-refractivity contribution in [2.45, 2.75) is 62.0 Å². The van der Waals surface area contributed by atoms with Crippen LogP contribution in [0.4, 0.5) is 0 Å². The van der Waals surface area contributed by atoms with E-state index in [1.807, 2.05) is 11.8 Å². The molecule has 2 rings (SSSR count). The topological polar surface area (TPSA) is 26.0 Å². The molecule has 1 nitrogen and oxygen atoms in total. The third kappa shape index (κ3) is 3.61. The minimum absolute atomic E-state index is 0.269. The van der Waals surface area contributed by atoms with Crippen LogP contribution in [0.2, 0.25) is 0 Å². The smallest absolute Gasteiger partial charge is 0.0339 e. The van der Waals surface area contributed by atoms with Gasteiger partial charge < -0.3 is 5.73 Å². The van der Waals surface area contributed by atoms with Crippen LogP contribution in [-0.4, -0.2) is 11.3 Å². The van der Waals surface area contributed by atoms with Crippen molar-refractivity contribution < 1.29 is 0 Å². The summed E-state index contributed by atoms with van der Waals surface area (Å²) in [6.45, 7) is 5.40. The Balaban J connectivity index is 2.06.